The maximum Gasteiger partial charge on any atom is 0.337 e. The Morgan fingerprint density at radius 3 is 2.35 bits per heavy atom. The van der Waals surface area contributed by atoms with Crippen molar-refractivity contribution in [2.75, 3.05) is 6.61 Å². The van der Waals surface area contributed by atoms with Gasteiger partial charge in [0.1, 0.15) is 30.5 Å². The summed E-state index contributed by atoms with van der Waals surface area (Å²) < 4.78 is 9.46. The summed E-state index contributed by atoms with van der Waals surface area (Å²) >= 11 is 0. The van der Waals surface area contributed by atoms with E-state index in [0.717, 1.165) is 6.92 Å². The van der Waals surface area contributed by atoms with Crippen LogP contribution in [0.25, 0.3) is 0 Å². The number of hydrogen-bond donors (Lipinski definition) is 5. The second-order valence-corrected chi connectivity index (χ2v) is 3.81. The molecule has 5 N–H and O–H groups in total. The van der Waals surface area contributed by atoms with Gasteiger partial charge in [-0.05, 0) is 6.92 Å². The van der Waals surface area contributed by atoms with Crippen LogP contribution in [0.3, 0.4) is 0 Å². The Morgan fingerprint density at radius 1 is 1.29 bits per heavy atom. The third-order valence-corrected chi connectivity index (χ3v) is 2.42. The number of aliphatic hydroxyl groups is 5. The summed E-state index contributed by atoms with van der Waals surface area (Å²) in [5.41, 5.74) is 0. The van der Waals surface area contributed by atoms with E-state index in [0.29, 0.717) is 0 Å². The van der Waals surface area contributed by atoms with Gasteiger partial charge in [0.15, 0.2) is 0 Å². The van der Waals surface area contributed by atoms with E-state index < -0.39 is 49.4 Å². The normalized spacial score (nSPS) is 39.8. The average molecular weight is 252 g/mol. The van der Waals surface area contributed by atoms with E-state index in [4.69, 9.17) is 14.9 Å². The maximum atomic E-state index is 11.1. The van der Waals surface area contributed by atoms with Gasteiger partial charge in [-0.25, -0.2) is 4.79 Å². The molecule has 0 amide bonds. The van der Waals surface area contributed by atoms with Crippen LogP contribution in [0.5, 0.6) is 0 Å². The summed E-state index contributed by atoms with van der Waals surface area (Å²) in [6.45, 7) is 0.542. The molecule has 1 rings (SSSR count). The van der Waals surface area contributed by atoms with Crippen molar-refractivity contribution in [2.24, 2.45) is 0 Å². The predicted octanol–water partition coefficient (Wildman–Crippen LogP) is -3.29. The van der Waals surface area contributed by atoms with Crippen LogP contribution >= 0.6 is 0 Å². The fourth-order valence-electron chi connectivity index (χ4n) is 1.38. The highest BCUT2D eigenvalue weighted by atomic mass is 16.7. The highest BCUT2D eigenvalue weighted by molar-refractivity contribution is 5.73. The van der Waals surface area contributed by atoms with Crippen molar-refractivity contribution in [1.29, 1.82) is 0 Å². The van der Waals surface area contributed by atoms with Crippen LogP contribution in [0.2, 0.25) is 0 Å². The van der Waals surface area contributed by atoms with Crippen LogP contribution < -0.4 is 0 Å². The van der Waals surface area contributed by atoms with Gasteiger partial charge in [-0.3, -0.25) is 0 Å². The molecule has 1 saturated heterocycles. The Hall–Kier alpha value is -0.770. The molecule has 100 valence electrons. The van der Waals surface area contributed by atoms with Gasteiger partial charge in [0.25, 0.3) is 0 Å². The molecule has 17 heavy (non-hydrogen) atoms. The Kier molecular flexibility index (Phi) is 4.80. The number of carbonyl (C=O) groups is 1. The molecule has 0 aromatic heterocycles. The minimum absolute atomic E-state index is 0.617. The van der Waals surface area contributed by atoms with Gasteiger partial charge < -0.3 is 35.0 Å². The first-order chi connectivity index (χ1) is 7.88. The summed E-state index contributed by atoms with van der Waals surface area (Å²) in [4.78, 5) is 11.1. The van der Waals surface area contributed by atoms with E-state index in [2.05, 4.69) is 4.74 Å². The summed E-state index contributed by atoms with van der Waals surface area (Å²) in [7, 11) is 0. The maximum absolute atomic E-state index is 11.1. The predicted molar refractivity (Wildman–Crippen MR) is 51.5 cm³/mol. The molecule has 0 aliphatic carbocycles. The van der Waals surface area contributed by atoms with Crippen LogP contribution in [0.15, 0.2) is 0 Å². The summed E-state index contributed by atoms with van der Waals surface area (Å²) in [6, 6.07) is 0. The molecule has 0 radical (unpaired) electrons. The van der Waals surface area contributed by atoms with Gasteiger partial charge in [-0.15, -0.1) is 0 Å². The van der Waals surface area contributed by atoms with Crippen molar-refractivity contribution in [1.82, 2.24) is 0 Å². The Balaban J connectivity index is 2.69. The zero-order chi connectivity index (χ0) is 13.2. The van der Waals surface area contributed by atoms with Gasteiger partial charge >= 0.3 is 5.97 Å². The standard InChI is InChI=1S/C9H16O8/c1-3(11)8(15)17-9-7(14)6(13)5(12)4(2-10)16-9/h3-7,9-14H,2H2,1H3/t3?,4-,5-,6+,7+,9?/m1/s1. The molecule has 0 aromatic carbocycles. The number of hydrogen-bond acceptors (Lipinski definition) is 8. The summed E-state index contributed by atoms with van der Waals surface area (Å²) in [5.74, 6) is -1.05. The zero-order valence-corrected chi connectivity index (χ0v) is 9.13. The Morgan fingerprint density at radius 2 is 1.88 bits per heavy atom. The van der Waals surface area contributed by atoms with E-state index in [1.807, 2.05) is 0 Å². The van der Waals surface area contributed by atoms with Crippen molar-refractivity contribution < 1.29 is 39.8 Å². The summed E-state index contributed by atoms with van der Waals surface area (Å²) in [6.07, 6.45) is -8.91. The SMILES string of the molecule is CC(O)C(=O)OC1O[C@H](CO)[C@@H](O)[C@H](O)[C@@H]1O. The molecular weight excluding hydrogens is 236 g/mol. The fraction of sp³-hybridized carbons (Fsp3) is 0.889. The van der Waals surface area contributed by atoms with Crippen molar-refractivity contribution in [3.8, 4) is 0 Å². The molecule has 1 aliphatic rings. The van der Waals surface area contributed by atoms with Gasteiger partial charge in [0, 0.05) is 0 Å². The largest absolute Gasteiger partial charge is 0.431 e. The molecule has 0 spiro atoms. The van der Waals surface area contributed by atoms with E-state index in [-0.39, 0.29) is 0 Å². The molecule has 2 unspecified atom stereocenters. The number of aliphatic hydroxyl groups excluding tert-OH is 5. The number of ether oxygens (including phenoxy) is 2. The van der Waals surface area contributed by atoms with E-state index in [9.17, 15) is 20.1 Å². The molecule has 0 aromatic rings. The molecule has 0 saturated carbocycles. The zero-order valence-electron chi connectivity index (χ0n) is 9.13. The van der Waals surface area contributed by atoms with Gasteiger partial charge in [0.2, 0.25) is 6.29 Å². The molecule has 8 heteroatoms. The second-order valence-electron chi connectivity index (χ2n) is 3.81. The first kappa shape index (κ1) is 14.3. The molecular formula is C9H16O8. The molecule has 1 aliphatic heterocycles. The molecule has 0 bridgehead atoms. The van der Waals surface area contributed by atoms with Gasteiger partial charge in [0.05, 0.1) is 6.61 Å². The Bertz CT molecular complexity index is 266. The van der Waals surface area contributed by atoms with Crippen molar-refractivity contribution in [2.45, 2.75) is 43.7 Å². The lowest BCUT2D eigenvalue weighted by Gasteiger charge is -2.39. The molecule has 8 nitrogen and oxygen atoms in total. The molecule has 6 atom stereocenters. The first-order valence-electron chi connectivity index (χ1n) is 5.07. The monoisotopic (exact) mass is 252 g/mol. The minimum atomic E-state index is -1.66. The van der Waals surface area contributed by atoms with Gasteiger partial charge in [-0.2, -0.15) is 0 Å². The summed E-state index contributed by atoms with van der Waals surface area (Å²) in [5, 5.41) is 46.0. The molecule has 1 heterocycles. The van der Waals surface area contributed by atoms with Crippen molar-refractivity contribution >= 4 is 5.97 Å². The van der Waals surface area contributed by atoms with Crippen LogP contribution in [0.4, 0.5) is 0 Å². The fourth-order valence-corrected chi connectivity index (χ4v) is 1.38. The Labute approximate surface area is 97.0 Å². The minimum Gasteiger partial charge on any atom is -0.431 e. The lowest BCUT2D eigenvalue weighted by Crippen LogP contribution is -2.59. The van der Waals surface area contributed by atoms with Gasteiger partial charge in [-0.1, -0.05) is 0 Å². The van der Waals surface area contributed by atoms with Crippen LogP contribution in [-0.2, 0) is 14.3 Å². The third kappa shape index (κ3) is 3.12. The number of carbonyl (C=O) groups excluding carboxylic acids is 1. The lowest BCUT2D eigenvalue weighted by atomic mass is 9.99. The van der Waals surface area contributed by atoms with E-state index in [1.54, 1.807) is 0 Å². The quantitative estimate of drug-likeness (QED) is 0.330. The molecule has 1 fully saturated rings. The number of rotatable bonds is 3. The topological polar surface area (TPSA) is 137 Å². The van der Waals surface area contributed by atoms with Crippen LogP contribution in [0, 0.1) is 0 Å². The average Bonchev–Trinajstić information content (AvgIpc) is 2.29. The van der Waals surface area contributed by atoms with Crippen LogP contribution in [0.1, 0.15) is 6.92 Å². The first-order valence-corrected chi connectivity index (χ1v) is 5.07. The van der Waals surface area contributed by atoms with Crippen LogP contribution in [-0.4, -0.2) is 74.9 Å². The third-order valence-electron chi connectivity index (χ3n) is 2.42. The highest BCUT2D eigenvalue weighted by Gasteiger charge is 2.45. The highest BCUT2D eigenvalue weighted by Crippen LogP contribution is 2.22. The smallest absolute Gasteiger partial charge is 0.337 e. The lowest BCUT2D eigenvalue weighted by molar-refractivity contribution is -0.294. The number of esters is 1. The van der Waals surface area contributed by atoms with Crippen molar-refractivity contribution in [3.05, 3.63) is 0 Å². The van der Waals surface area contributed by atoms with Crippen molar-refractivity contribution in [3.63, 3.8) is 0 Å². The van der Waals surface area contributed by atoms with E-state index in [1.165, 1.54) is 0 Å². The second kappa shape index (κ2) is 5.71. The van der Waals surface area contributed by atoms with E-state index >= 15 is 0 Å².